The molecule has 0 saturated heterocycles. The van der Waals surface area contributed by atoms with Crippen molar-refractivity contribution in [1.29, 1.82) is 0 Å². The van der Waals surface area contributed by atoms with Crippen LogP contribution in [0.5, 0.6) is 0 Å². The van der Waals surface area contributed by atoms with Crippen molar-refractivity contribution in [3.63, 3.8) is 0 Å². The fraction of sp³-hybridized carbons (Fsp3) is 0.200. The van der Waals surface area contributed by atoms with Gasteiger partial charge in [0.05, 0.1) is 19.2 Å². The summed E-state index contributed by atoms with van der Waals surface area (Å²) in [5.41, 5.74) is 0.673. The summed E-state index contributed by atoms with van der Waals surface area (Å²) < 4.78 is 43.3. The summed E-state index contributed by atoms with van der Waals surface area (Å²) in [5.74, 6) is 0. The Morgan fingerprint density at radius 3 is 2.23 bits per heavy atom. The Morgan fingerprint density at radius 1 is 0.846 bits per heavy atom. The minimum absolute atomic E-state index is 0.130. The quantitative estimate of drug-likeness (QED) is 0.564. The molecule has 2 heterocycles. The number of aliphatic hydroxyl groups excluding tert-OH is 1. The van der Waals surface area contributed by atoms with Crippen LogP contribution in [0.3, 0.4) is 0 Å². The summed E-state index contributed by atoms with van der Waals surface area (Å²) in [6.07, 6.45) is -3.59. The van der Waals surface area contributed by atoms with Crippen LogP contribution in [0.1, 0.15) is 5.69 Å². The summed E-state index contributed by atoms with van der Waals surface area (Å²) in [4.78, 5) is 0. The third kappa shape index (κ3) is 2.97. The predicted octanol–water partition coefficient (Wildman–Crippen LogP) is 4.68. The van der Waals surface area contributed by atoms with Crippen molar-refractivity contribution >= 4 is 21.8 Å². The number of alkyl halides is 3. The number of fused-ring (bicyclic) bond motifs is 2. The van der Waals surface area contributed by atoms with Crippen molar-refractivity contribution in [1.82, 2.24) is 9.13 Å². The minimum Gasteiger partial charge on any atom is -0.389 e. The first-order valence-electron chi connectivity index (χ1n) is 8.31. The van der Waals surface area contributed by atoms with Gasteiger partial charge in [-0.25, -0.2) is 0 Å². The van der Waals surface area contributed by atoms with E-state index in [-0.39, 0.29) is 13.1 Å². The average Bonchev–Trinajstić information content (AvgIpc) is 3.17. The van der Waals surface area contributed by atoms with Crippen LogP contribution in [-0.4, -0.2) is 20.3 Å². The summed E-state index contributed by atoms with van der Waals surface area (Å²) in [7, 11) is 0. The zero-order valence-corrected chi connectivity index (χ0v) is 13.8. The van der Waals surface area contributed by atoms with Crippen LogP contribution in [0.2, 0.25) is 0 Å². The summed E-state index contributed by atoms with van der Waals surface area (Å²) in [5, 5.41) is 12.0. The lowest BCUT2D eigenvalue weighted by molar-refractivity contribution is -0.143. The second-order valence-corrected chi connectivity index (χ2v) is 6.38. The van der Waals surface area contributed by atoms with Gasteiger partial charge in [-0.15, -0.1) is 0 Å². The molecule has 0 spiro atoms. The maximum absolute atomic E-state index is 13.4. The Hall–Kier alpha value is -2.73. The highest BCUT2D eigenvalue weighted by atomic mass is 19.4. The van der Waals surface area contributed by atoms with Crippen LogP contribution >= 0.6 is 0 Å². The van der Waals surface area contributed by atoms with E-state index in [1.807, 2.05) is 41.1 Å². The third-order valence-corrected chi connectivity index (χ3v) is 4.58. The Morgan fingerprint density at radius 2 is 1.50 bits per heavy atom. The van der Waals surface area contributed by atoms with Crippen molar-refractivity contribution in [2.24, 2.45) is 0 Å². The van der Waals surface area contributed by atoms with Gasteiger partial charge in [0.1, 0.15) is 5.69 Å². The van der Waals surface area contributed by atoms with E-state index < -0.39 is 18.0 Å². The molecule has 0 fully saturated rings. The van der Waals surface area contributed by atoms with E-state index in [4.69, 9.17) is 0 Å². The molecule has 0 radical (unpaired) electrons. The molecule has 0 amide bonds. The van der Waals surface area contributed by atoms with E-state index in [0.717, 1.165) is 21.5 Å². The normalized spacial score (nSPS) is 13.5. The summed E-state index contributed by atoms with van der Waals surface area (Å²) in [6.45, 7) is 0.0895. The van der Waals surface area contributed by atoms with Gasteiger partial charge in [0.2, 0.25) is 0 Å². The Labute approximate surface area is 147 Å². The Balaban J connectivity index is 1.66. The van der Waals surface area contributed by atoms with Crippen molar-refractivity contribution in [2.45, 2.75) is 25.4 Å². The number of aliphatic hydroxyl groups is 1. The van der Waals surface area contributed by atoms with E-state index >= 15 is 0 Å². The lowest BCUT2D eigenvalue weighted by atomic mass is 10.2. The molecule has 26 heavy (non-hydrogen) atoms. The molecular formula is C20H17F3N2O. The molecule has 3 nitrogen and oxygen atoms in total. The van der Waals surface area contributed by atoms with Crippen LogP contribution in [-0.2, 0) is 19.3 Å². The molecule has 2 aromatic carbocycles. The van der Waals surface area contributed by atoms with Crippen LogP contribution in [0.15, 0.2) is 66.9 Å². The van der Waals surface area contributed by atoms with Gasteiger partial charge in [0, 0.05) is 22.6 Å². The van der Waals surface area contributed by atoms with Crippen molar-refractivity contribution < 1.29 is 18.3 Å². The number of aromatic nitrogens is 2. The Bertz CT molecular complexity index is 1060. The molecule has 2 aromatic heterocycles. The maximum Gasteiger partial charge on any atom is 0.431 e. The molecule has 0 aliphatic rings. The SMILES string of the molecule is OC(Cn1ccc2ccccc21)Cn1c(C(F)(F)F)cc2ccccc21. The van der Waals surface area contributed by atoms with Crippen LogP contribution < -0.4 is 0 Å². The first-order chi connectivity index (χ1) is 12.4. The largest absolute Gasteiger partial charge is 0.431 e. The number of hydrogen-bond acceptors (Lipinski definition) is 1. The van der Waals surface area contributed by atoms with E-state index in [0.29, 0.717) is 10.9 Å². The number of nitrogens with zero attached hydrogens (tertiary/aromatic N) is 2. The molecule has 1 N–H and O–H groups in total. The van der Waals surface area contributed by atoms with Gasteiger partial charge in [-0.1, -0.05) is 36.4 Å². The molecule has 4 rings (SSSR count). The topological polar surface area (TPSA) is 30.1 Å². The van der Waals surface area contributed by atoms with E-state index in [9.17, 15) is 18.3 Å². The first-order valence-corrected chi connectivity index (χ1v) is 8.31. The predicted molar refractivity (Wildman–Crippen MR) is 94.9 cm³/mol. The summed E-state index contributed by atoms with van der Waals surface area (Å²) in [6, 6.07) is 17.4. The second-order valence-electron chi connectivity index (χ2n) is 6.38. The Kier molecular flexibility index (Phi) is 4.00. The number of para-hydroxylation sites is 2. The molecule has 1 atom stereocenters. The van der Waals surface area contributed by atoms with Crippen molar-refractivity contribution in [3.05, 3.63) is 72.6 Å². The lowest BCUT2D eigenvalue weighted by Crippen LogP contribution is -2.24. The van der Waals surface area contributed by atoms with Crippen LogP contribution in [0, 0.1) is 0 Å². The van der Waals surface area contributed by atoms with Gasteiger partial charge < -0.3 is 14.2 Å². The summed E-state index contributed by atoms with van der Waals surface area (Å²) >= 11 is 0. The molecule has 134 valence electrons. The number of hydrogen-bond donors (Lipinski definition) is 1. The highest BCUT2D eigenvalue weighted by molar-refractivity contribution is 5.81. The van der Waals surface area contributed by atoms with E-state index in [1.54, 1.807) is 24.3 Å². The van der Waals surface area contributed by atoms with Gasteiger partial charge in [-0.05, 0) is 29.7 Å². The third-order valence-electron chi connectivity index (χ3n) is 4.58. The molecule has 0 bridgehead atoms. The monoisotopic (exact) mass is 358 g/mol. The highest BCUT2D eigenvalue weighted by Crippen LogP contribution is 2.34. The molecule has 4 aromatic rings. The minimum atomic E-state index is -4.47. The molecule has 0 aliphatic heterocycles. The fourth-order valence-corrected chi connectivity index (χ4v) is 3.44. The van der Waals surface area contributed by atoms with Crippen molar-refractivity contribution in [3.8, 4) is 0 Å². The van der Waals surface area contributed by atoms with Gasteiger partial charge in [0.15, 0.2) is 0 Å². The van der Waals surface area contributed by atoms with Crippen LogP contribution in [0.25, 0.3) is 21.8 Å². The maximum atomic E-state index is 13.4. The van der Waals surface area contributed by atoms with E-state index in [1.165, 1.54) is 0 Å². The zero-order valence-electron chi connectivity index (χ0n) is 13.8. The molecule has 6 heteroatoms. The van der Waals surface area contributed by atoms with E-state index in [2.05, 4.69) is 0 Å². The second kappa shape index (κ2) is 6.21. The smallest absolute Gasteiger partial charge is 0.389 e. The van der Waals surface area contributed by atoms with Gasteiger partial charge in [-0.3, -0.25) is 0 Å². The molecular weight excluding hydrogens is 341 g/mol. The number of rotatable bonds is 4. The lowest BCUT2D eigenvalue weighted by Gasteiger charge is -2.18. The van der Waals surface area contributed by atoms with Gasteiger partial charge >= 0.3 is 6.18 Å². The fourth-order valence-electron chi connectivity index (χ4n) is 3.44. The zero-order chi connectivity index (χ0) is 18.3. The molecule has 0 aliphatic carbocycles. The van der Waals surface area contributed by atoms with Gasteiger partial charge in [0.25, 0.3) is 0 Å². The first kappa shape index (κ1) is 16.7. The van der Waals surface area contributed by atoms with Gasteiger partial charge in [-0.2, -0.15) is 13.2 Å². The highest BCUT2D eigenvalue weighted by Gasteiger charge is 2.35. The number of benzene rings is 2. The van der Waals surface area contributed by atoms with Crippen LogP contribution in [0.4, 0.5) is 13.2 Å². The average molecular weight is 358 g/mol. The number of halogens is 3. The standard InChI is InChI=1S/C20H17F3N2O/c21-20(22,23)19-11-15-6-2-4-8-18(15)25(19)13-16(26)12-24-10-9-14-5-1-3-7-17(14)24/h1-11,16,26H,12-13H2. The molecule has 0 saturated carbocycles. The van der Waals surface area contributed by atoms with Crippen molar-refractivity contribution in [2.75, 3.05) is 0 Å². The molecule has 1 unspecified atom stereocenters.